The fourth-order valence-electron chi connectivity index (χ4n) is 2.43. The summed E-state index contributed by atoms with van der Waals surface area (Å²) in [5.41, 5.74) is 1.14. The Kier molecular flexibility index (Phi) is 5.36. The Morgan fingerprint density at radius 3 is 2.62 bits per heavy atom. The number of sulfone groups is 1. The highest BCUT2D eigenvalue weighted by atomic mass is 32.2. The van der Waals surface area contributed by atoms with E-state index in [1.807, 2.05) is 0 Å². The molecule has 6 heteroatoms. The van der Waals surface area contributed by atoms with Crippen LogP contribution in [0.25, 0.3) is 0 Å². The lowest BCUT2D eigenvalue weighted by Crippen LogP contribution is -2.39. The number of carbonyl (C=O) groups excluding carboxylic acids is 1. The van der Waals surface area contributed by atoms with E-state index in [4.69, 9.17) is 4.74 Å². The van der Waals surface area contributed by atoms with Crippen LogP contribution in [0.1, 0.15) is 35.7 Å². The molecule has 21 heavy (non-hydrogen) atoms. The Hall–Kier alpha value is -1.40. The predicted molar refractivity (Wildman–Crippen MR) is 80.9 cm³/mol. The summed E-state index contributed by atoms with van der Waals surface area (Å²) in [6, 6.07) is 6.59. The van der Waals surface area contributed by atoms with Crippen LogP contribution in [0.15, 0.2) is 24.3 Å². The number of rotatable bonds is 5. The monoisotopic (exact) mass is 311 g/mol. The SMILES string of the molecule is CCOC(=O)c1ccc(CS(=O)(=O)C2CCCNC2)cc1. The fourth-order valence-corrected chi connectivity index (χ4v) is 4.22. The Morgan fingerprint density at radius 1 is 1.33 bits per heavy atom. The quantitative estimate of drug-likeness (QED) is 0.835. The fraction of sp³-hybridized carbons (Fsp3) is 0.533. The van der Waals surface area contributed by atoms with Gasteiger partial charge in [-0.25, -0.2) is 13.2 Å². The summed E-state index contributed by atoms with van der Waals surface area (Å²) in [7, 11) is -3.16. The van der Waals surface area contributed by atoms with Gasteiger partial charge in [-0.3, -0.25) is 0 Å². The summed E-state index contributed by atoms with van der Waals surface area (Å²) in [4.78, 5) is 11.5. The molecule has 1 aromatic carbocycles. The minimum Gasteiger partial charge on any atom is -0.462 e. The van der Waals surface area contributed by atoms with Crippen molar-refractivity contribution in [3.05, 3.63) is 35.4 Å². The number of carbonyl (C=O) groups is 1. The Balaban J connectivity index is 2.04. The van der Waals surface area contributed by atoms with Gasteiger partial charge in [0.1, 0.15) is 0 Å². The first-order chi connectivity index (χ1) is 10.0. The van der Waals surface area contributed by atoms with Crippen molar-refractivity contribution >= 4 is 15.8 Å². The zero-order chi connectivity index (χ0) is 15.3. The molecule has 0 radical (unpaired) electrons. The maximum Gasteiger partial charge on any atom is 0.338 e. The van der Waals surface area contributed by atoms with Crippen molar-refractivity contribution in [3.63, 3.8) is 0 Å². The molecular weight excluding hydrogens is 290 g/mol. The van der Waals surface area contributed by atoms with Gasteiger partial charge in [0.25, 0.3) is 0 Å². The second-order valence-electron chi connectivity index (χ2n) is 5.19. The van der Waals surface area contributed by atoms with Crippen molar-refractivity contribution in [2.75, 3.05) is 19.7 Å². The second kappa shape index (κ2) is 7.04. The third kappa shape index (κ3) is 4.28. The van der Waals surface area contributed by atoms with E-state index in [0.717, 1.165) is 19.4 Å². The summed E-state index contributed by atoms with van der Waals surface area (Å²) in [5, 5.41) is 2.82. The van der Waals surface area contributed by atoms with Gasteiger partial charge in [0, 0.05) is 6.54 Å². The van der Waals surface area contributed by atoms with Crippen molar-refractivity contribution in [3.8, 4) is 0 Å². The zero-order valence-electron chi connectivity index (χ0n) is 12.2. The van der Waals surface area contributed by atoms with Crippen LogP contribution in [0.3, 0.4) is 0 Å². The summed E-state index contributed by atoms with van der Waals surface area (Å²) in [5.74, 6) is -0.369. The Labute approximate surface area is 125 Å². The maximum absolute atomic E-state index is 12.3. The van der Waals surface area contributed by atoms with E-state index in [9.17, 15) is 13.2 Å². The van der Waals surface area contributed by atoms with E-state index >= 15 is 0 Å². The molecule has 1 heterocycles. The maximum atomic E-state index is 12.3. The van der Waals surface area contributed by atoms with E-state index in [1.54, 1.807) is 31.2 Å². The van der Waals surface area contributed by atoms with Gasteiger partial charge >= 0.3 is 5.97 Å². The minimum absolute atomic E-state index is 0.0163. The number of piperidine rings is 1. The van der Waals surface area contributed by atoms with Gasteiger partial charge in [-0.15, -0.1) is 0 Å². The first kappa shape index (κ1) is 16.0. The first-order valence-corrected chi connectivity index (χ1v) is 8.93. The molecule has 5 nitrogen and oxygen atoms in total. The summed E-state index contributed by atoms with van der Waals surface area (Å²) < 4.78 is 29.6. The molecule has 0 aromatic heterocycles. The summed E-state index contributed by atoms with van der Waals surface area (Å²) in [6.07, 6.45) is 1.61. The lowest BCUT2D eigenvalue weighted by Gasteiger charge is -2.22. The van der Waals surface area contributed by atoms with Crippen molar-refractivity contribution < 1.29 is 17.9 Å². The minimum atomic E-state index is -3.16. The first-order valence-electron chi connectivity index (χ1n) is 7.21. The van der Waals surface area contributed by atoms with Crippen LogP contribution in [-0.4, -0.2) is 39.3 Å². The number of nitrogens with one attached hydrogen (secondary N) is 1. The van der Waals surface area contributed by atoms with Gasteiger partial charge in [-0.2, -0.15) is 0 Å². The number of esters is 1. The third-order valence-electron chi connectivity index (χ3n) is 3.59. The van der Waals surface area contributed by atoms with E-state index in [1.165, 1.54) is 0 Å². The Morgan fingerprint density at radius 2 is 2.05 bits per heavy atom. The van der Waals surface area contributed by atoms with E-state index in [-0.39, 0.29) is 17.0 Å². The highest BCUT2D eigenvalue weighted by Gasteiger charge is 2.27. The normalized spacial score (nSPS) is 19.2. The molecule has 0 spiro atoms. The van der Waals surface area contributed by atoms with Crippen LogP contribution in [0.5, 0.6) is 0 Å². The van der Waals surface area contributed by atoms with E-state index in [0.29, 0.717) is 24.3 Å². The van der Waals surface area contributed by atoms with E-state index < -0.39 is 9.84 Å². The van der Waals surface area contributed by atoms with Gasteiger partial charge in [0.15, 0.2) is 9.84 Å². The van der Waals surface area contributed by atoms with Crippen molar-refractivity contribution in [2.24, 2.45) is 0 Å². The van der Waals surface area contributed by atoms with Gasteiger partial charge in [0.05, 0.1) is 23.2 Å². The van der Waals surface area contributed by atoms with Crippen LogP contribution >= 0.6 is 0 Å². The lowest BCUT2D eigenvalue weighted by molar-refractivity contribution is 0.0526. The Bertz CT molecular complexity index is 574. The van der Waals surface area contributed by atoms with E-state index in [2.05, 4.69) is 5.32 Å². The molecule has 1 N–H and O–H groups in total. The molecule has 0 bridgehead atoms. The van der Waals surface area contributed by atoms with Crippen molar-refractivity contribution in [2.45, 2.75) is 30.8 Å². The molecule has 1 saturated heterocycles. The number of hydrogen-bond donors (Lipinski definition) is 1. The van der Waals surface area contributed by atoms with Gasteiger partial charge in [0.2, 0.25) is 0 Å². The lowest BCUT2D eigenvalue weighted by atomic mass is 10.1. The van der Waals surface area contributed by atoms with Crippen LogP contribution in [0, 0.1) is 0 Å². The van der Waals surface area contributed by atoms with Gasteiger partial charge in [-0.1, -0.05) is 12.1 Å². The largest absolute Gasteiger partial charge is 0.462 e. The molecule has 2 rings (SSSR count). The third-order valence-corrected chi connectivity index (χ3v) is 5.75. The highest BCUT2D eigenvalue weighted by Crippen LogP contribution is 2.17. The standard InChI is InChI=1S/C15H21NO4S/c1-2-20-15(17)13-7-5-12(6-8-13)11-21(18,19)14-4-3-9-16-10-14/h5-8,14,16H,2-4,9-11H2,1H3. The van der Waals surface area contributed by atoms with Crippen LogP contribution in [-0.2, 0) is 20.3 Å². The molecular formula is C15H21NO4S. The number of benzene rings is 1. The van der Waals surface area contributed by atoms with Crippen LogP contribution in [0.2, 0.25) is 0 Å². The van der Waals surface area contributed by atoms with Crippen molar-refractivity contribution in [1.29, 1.82) is 0 Å². The smallest absolute Gasteiger partial charge is 0.338 e. The number of hydrogen-bond acceptors (Lipinski definition) is 5. The molecule has 1 atom stereocenters. The summed E-state index contributed by atoms with van der Waals surface area (Å²) >= 11 is 0. The second-order valence-corrected chi connectivity index (χ2v) is 7.47. The topological polar surface area (TPSA) is 72.5 Å². The molecule has 1 fully saturated rings. The molecule has 1 unspecified atom stereocenters. The van der Waals surface area contributed by atoms with Crippen LogP contribution in [0.4, 0.5) is 0 Å². The highest BCUT2D eigenvalue weighted by molar-refractivity contribution is 7.91. The average molecular weight is 311 g/mol. The molecule has 1 aliphatic heterocycles. The molecule has 1 aromatic rings. The van der Waals surface area contributed by atoms with Gasteiger partial charge in [-0.05, 0) is 44.0 Å². The zero-order valence-corrected chi connectivity index (χ0v) is 13.0. The average Bonchev–Trinajstić information content (AvgIpc) is 2.49. The summed E-state index contributed by atoms with van der Waals surface area (Å²) in [6.45, 7) is 3.49. The molecule has 0 aliphatic carbocycles. The molecule has 0 saturated carbocycles. The molecule has 0 amide bonds. The van der Waals surface area contributed by atoms with Crippen LogP contribution < -0.4 is 5.32 Å². The number of ether oxygens (including phenoxy) is 1. The van der Waals surface area contributed by atoms with Gasteiger partial charge < -0.3 is 10.1 Å². The molecule has 1 aliphatic rings. The van der Waals surface area contributed by atoms with Crippen molar-refractivity contribution in [1.82, 2.24) is 5.32 Å². The molecule has 116 valence electrons. The predicted octanol–water partition coefficient (Wildman–Crippen LogP) is 1.53.